The molecule has 0 aliphatic heterocycles. The number of hydrogen-bond donors (Lipinski definition) is 1. The number of carbonyl (C=O) groups excluding carboxylic acids is 1. The van der Waals surface area contributed by atoms with E-state index >= 15 is 0 Å². The number of benzene rings is 3. The van der Waals surface area contributed by atoms with Gasteiger partial charge in [-0.15, -0.1) is 10.2 Å². The maximum absolute atomic E-state index is 13.1. The molecule has 5 rings (SSSR count). The molecule has 3 aromatic carbocycles. The highest BCUT2D eigenvalue weighted by molar-refractivity contribution is 7.99. The fraction of sp³-hybridized carbons (Fsp3) is 0.185. The molecule has 5 aromatic rings. The van der Waals surface area contributed by atoms with Crippen LogP contribution >= 0.6 is 11.8 Å². The Labute approximate surface area is 211 Å². The number of amides is 1. The minimum Gasteiger partial charge on any atom is -0.455 e. The van der Waals surface area contributed by atoms with Crippen LogP contribution in [0.15, 0.2) is 88.8 Å². The number of fused-ring (bicyclic) bond motifs is 3. The summed E-state index contributed by atoms with van der Waals surface area (Å²) >= 11 is 1.27. The van der Waals surface area contributed by atoms with Crippen molar-refractivity contribution in [1.29, 1.82) is 0 Å². The van der Waals surface area contributed by atoms with Gasteiger partial charge in [-0.3, -0.25) is 18.6 Å². The van der Waals surface area contributed by atoms with Crippen molar-refractivity contribution in [2.75, 3.05) is 11.1 Å². The molecule has 1 N–H and O–H groups in total. The van der Waals surface area contributed by atoms with E-state index in [9.17, 15) is 9.59 Å². The lowest BCUT2D eigenvalue weighted by Gasteiger charge is -2.12. The number of ether oxygens (including phenoxy) is 1. The van der Waals surface area contributed by atoms with Crippen LogP contribution in [0.25, 0.3) is 16.7 Å². The van der Waals surface area contributed by atoms with E-state index in [1.165, 1.54) is 11.8 Å². The number of aromatic nitrogens is 4. The van der Waals surface area contributed by atoms with Crippen molar-refractivity contribution in [1.82, 2.24) is 19.2 Å². The second-order valence-corrected chi connectivity index (χ2v) is 9.14. The molecule has 182 valence electrons. The van der Waals surface area contributed by atoms with Crippen molar-refractivity contribution >= 4 is 40.0 Å². The topological polar surface area (TPSA) is 90.5 Å². The van der Waals surface area contributed by atoms with Gasteiger partial charge < -0.3 is 10.1 Å². The lowest BCUT2D eigenvalue weighted by atomic mass is 10.2. The van der Waals surface area contributed by atoms with Crippen molar-refractivity contribution in [3.05, 3.63) is 89.2 Å². The molecule has 0 saturated heterocycles. The smallest absolute Gasteiger partial charge is 0.262 e. The van der Waals surface area contributed by atoms with Gasteiger partial charge in [0, 0.05) is 6.54 Å². The highest BCUT2D eigenvalue weighted by Crippen LogP contribution is 2.29. The Balaban J connectivity index is 1.38. The van der Waals surface area contributed by atoms with E-state index in [1.807, 2.05) is 77.2 Å². The summed E-state index contributed by atoms with van der Waals surface area (Å²) in [4.78, 5) is 26.0. The van der Waals surface area contributed by atoms with Crippen LogP contribution in [0, 0.1) is 0 Å². The molecule has 8 nitrogen and oxygen atoms in total. The standard InChI is InChI=1S/C27H25N5O3S/c1-2-3-17-31-25(34)20-13-7-9-15-22(20)32-26(31)29-30-27(32)36-18-24(33)28-21-14-8-10-16-23(21)35-19-11-5-4-6-12-19/h4-16H,2-3,17-18H2,1H3,(H,28,33). The van der Waals surface area contributed by atoms with Crippen LogP contribution < -0.4 is 15.6 Å². The molecule has 0 spiro atoms. The predicted molar refractivity (Wildman–Crippen MR) is 142 cm³/mol. The average molecular weight is 500 g/mol. The average Bonchev–Trinajstić information content (AvgIpc) is 3.33. The number of thioether (sulfide) groups is 1. The number of carbonyl (C=O) groups is 1. The first-order valence-corrected chi connectivity index (χ1v) is 12.8. The van der Waals surface area contributed by atoms with Gasteiger partial charge in [-0.1, -0.05) is 67.6 Å². The maximum Gasteiger partial charge on any atom is 0.262 e. The van der Waals surface area contributed by atoms with E-state index in [0.717, 1.165) is 18.4 Å². The molecule has 2 heterocycles. The molecule has 0 atom stereocenters. The molecule has 0 bridgehead atoms. The number of anilines is 1. The molecule has 2 aromatic heterocycles. The highest BCUT2D eigenvalue weighted by atomic mass is 32.2. The third-order valence-electron chi connectivity index (χ3n) is 5.68. The first kappa shape index (κ1) is 23.6. The molecule has 0 aliphatic carbocycles. The predicted octanol–water partition coefficient (Wildman–Crippen LogP) is 5.37. The van der Waals surface area contributed by atoms with Crippen molar-refractivity contribution < 1.29 is 9.53 Å². The van der Waals surface area contributed by atoms with Crippen molar-refractivity contribution in [2.45, 2.75) is 31.5 Å². The van der Waals surface area contributed by atoms with Gasteiger partial charge in [-0.2, -0.15) is 0 Å². The van der Waals surface area contributed by atoms with Crippen LogP contribution in [-0.2, 0) is 11.3 Å². The van der Waals surface area contributed by atoms with Crippen molar-refractivity contribution in [3.63, 3.8) is 0 Å². The number of nitrogens with zero attached hydrogens (tertiary/aromatic N) is 4. The SMILES string of the molecule is CCCCn1c(=O)c2ccccc2n2c(SCC(=O)Nc3ccccc3Oc3ccccc3)nnc12. The molecule has 0 radical (unpaired) electrons. The molecule has 0 saturated carbocycles. The van der Waals surface area contributed by atoms with Crippen LogP contribution in [0.3, 0.4) is 0 Å². The maximum atomic E-state index is 13.1. The van der Waals surface area contributed by atoms with Gasteiger partial charge in [0.15, 0.2) is 10.9 Å². The third-order valence-corrected chi connectivity index (χ3v) is 6.61. The van der Waals surface area contributed by atoms with E-state index in [0.29, 0.717) is 40.1 Å². The lowest BCUT2D eigenvalue weighted by molar-refractivity contribution is -0.113. The number of aryl methyl sites for hydroxylation is 1. The van der Waals surface area contributed by atoms with Gasteiger partial charge in [-0.25, -0.2) is 0 Å². The summed E-state index contributed by atoms with van der Waals surface area (Å²) in [7, 11) is 0. The molecular weight excluding hydrogens is 474 g/mol. The monoisotopic (exact) mass is 499 g/mol. The molecule has 1 amide bonds. The van der Waals surface area contributed by atoms with Gasteiger partial charge in [0.1, 0.15) is 5.75 Å². The Kier molecular flexibility index (Phi) is 6.99. The van der Waals surface area contributed by atoms with Crippen LogP contribution in [0.2, 0.25) is 0 Å². The van der Waals surface area contributed by atoms with Gasteiger partial charge in [-0.05, 0) is 42.8 Å². The second kappa shape index (κ2) is 10.7. The third kappa shape index (κ3) is 4.83. The van der Waals surface area contributed by atoms with E-state index in [2.05, 4.69) is 22.4 Å². The first-order valence-electron chi connectivity index (χ1n) is 11.8. The van der Waals surface area contributed by atoms with E-state index < -0.39 is 0 Å². The van der Waals surface area contributed by atoms with E-state index in [4.69, 9.17) is 4.74 Å². The molecule has 0 unspecified atom stereocenters. The molecule has 36 heavy (non-hydrogen) atoms. The van der Waals surface area contributed by atoms with Crippen LogP contribution in [0.4, 0.5) is 5.69 Å². The van der Waals surface area contributed by atoms with Crippen molar-refractivity contribution in [3.8, 4) is 11.5 Å². The van der Waals surface area contributed by atoms with Gasteiger partial charge >= 0.3 is 0 Å². The minimum absolute atomic E-state index is 0.0803. The summed E-state index contributed by atoms with van der Waals surface area (Å²) in [6.45, 7) is 2.64. The van der Waals surface area contributed by atoms with Gasteiger partial charge in [0.25, 0.3) is 5.56 Å². The summed E-state index contributed by atoms with van der Waals surface area (Å²) in [5, 5.41) is 12.7. The van der Waals surface area contributed by atoms with Gasteiger partial charge in [0.2, 0.25) is 11.7 Å². The molecular formula is C27H25N5O3S. The Bertz CT molecular complexity index is 1580. The Hall–Kier alpha value is -4.11. The minimum atomic E-state index is -0.204. The fourth-order valence-electron chi connectivity index (χ4n) is 3.94. The lowest BCUT2D eigenvalue weighted by Crippen LogP contribution is -2.23. The normalized spacial score (nSPS) is 11.1. The summed E-state index contributed by atoms with van der Waals surface area (Å²) in [5.41, 5.74) is 1.22. The van der Waals surface area contributed by atoms with Crippen LogP contribution in [0.1, 0.15) is 19.8 Å². The summed E-state index contributed by atoms with van der Waals surface area (Å²) < 4.78 is 9.47. The second-order valence-electron chi connectivity index (χ2n) is 8.19. The quantitative estimate of drug-likeness (QED) is 0.274. The highest BCUT2D eigenvalue weighted by Gasteiger charge is 2.18. The summed E-state index contributed by atoms with van der Waals surface area (Å²) in [6.07, 6.45) is 1.81. The number of nitrogens with one attached hydrogen (secondary N) is 1. The Morgan fingerprint density at radius 1 is 0.972 bits per heavy atom. The summed E-state index contributed by atoms with van der Waals surface area (Å²) in [5.74, 6) is 1.63. The van der Waals surface area contributed by atoms with Crippen LogP contribution in [-0.4, -0.2) is 30.8 Å². The zero-order chi connectivity index (χ0) is 24.9. The Morgan fingerprint density at radius 2 is 1.72 bits per heavy atom. The summed E-state index contributed by atoms with van der Waals surface area (Å²) in [6, 6.07) is 24.1. The number of unbranched alkanes of at least 4 members (excludes halogenated alkanes) is 1. The van der Waals surface area contributed by atoms with E-state index in [1.54, 1.807) is 10.6 Å². The van der Waals surface area contributed by atoms with Gasteiger partial charge in [0.05, 0.1) is 22.3 Å². The van der Waals surface area contributed by atoms with Crippen molar-refractivity contribution in [2.24, 2.45) is 0 Å². The molecule has 0 fully saturated rings. The number of rotatable bonds is 9. The fourth-order valence-corrected chi connectivity index (χ4v) is 4.68. The molecule has 9 heteroatoms. The van der Waals surface area contributed by atoms with Crippen LogP contribution in [0.5, 0.6) is 11.5 Å². The Morgan fingerprint density at radius 3 is 2.56 bits per heavy atom. The number of para-hydroxylation sites is 4. The largest absolute Gasteiger partial charge is 0.455 e. The number of hydrogen-bond acceptors (Lipinski definition) is 6. The zero-order valence-electron chi connectivity index (χ0n) is 19.8. The zero-order valence-corrected chi connectivity index (χ0v) is 20.6. The first-order chi connectivity index (χ1) is 17.7. The molecule has 0 aliphatic rings. The van der Waals surface area contributed by atoms with E-state index in [-0.39, 0.29) is 17.2 Å².